The summed E-state index contributed by atoms with van der Waals surface area (Å²) in [6.45, 7) is 7.98. The third-order valence-electron chi connectivity index (χ3n) is 4.81. The van der Waals surface area contributed by atoms with Crippen molar-refractivity contribution in [2.75, 3.05) is 32.7 Å². The molecule has 27 heavy (non-hydrogen) atoms. The van der Waals surface area contributed by atoms with E-state index in [0.29, 0.717) is 12.5 Å². The number of furan rings is 1. The van der Waals surface area contributed by atoms with E-state index in [1.165, 1.54) is 18.5 Å². The Morgan fingerprint density at radius 1 is 1.19 bits per heavy atom. The van der Waals surface area contributed by atoms with Crippen molar-refractivity contribution in [1.82, 2.24) is 15.5 Å². The minimum Gasteiger partial charge on any atom is -0.467 e. The van der Waals surface area contributed by atoms with Crippen LogP contribution < -0.4 is 10.6 Å². The van der Waals surface area contributed by atoms with E-state index >= 15 is 0 Å². The summed E-state index contributed by atoms with van der Waals surface area (Å²) in [5.74, 6) is 2.43. The van der Waals surface area contributed by atoms with E-state index in [0.717, 1.165) is 44.3 Å². The van der Waals surface area contributed by atoms with Gasteiger partial charge in [-0.2, -0.15) is 0 Å². The molecule has 2 N–H and O–H groups in total. The molecule has 1 aromatic carbocycles. The molecule has 1 saturated heterocycles. The van der Waals surface area contributed by atoms with Crippen LogP contribution in [0.2, 0.25) is 0 Å². The zero-order valence-corrected chi connectivity index (χ0v) is 18.4. The molecule has 0 spiro atoms. The Morgan fingerprint density at radius 3 is 2.78 bits per heavy atom. The number of aliphatic imine (C=N–C) groups is 1. The van der Waals surface area contributed by atoms with Gasteiger partial charge in [-0.05, 0) is 49.9 Å². The van der Waals surface area contributed by atoms with Gasteiger partial charge in [-0.1, -0.05) is 30.3 Å². The third-order valence-corrected chi connectivity index (χ3v) is 4.81. The summed E-state index contributed by atoms with van der Waals surface area (Å²) in [6.07, 6.45) is 4.07. The van der Waals surface area contributed by atoms with E-state index in [2.05, 4.69) is 57.8 Å². The molecule has 0 amide bonds. The van der Waals surface area contributed by atoms with Crippen LogP contribution in [0.1, 0.15) is 24.7 Å². The smallest absolute Gasteiger partial charge is 0.191 e. The number of nitrogens with zero attached hydrogens (tertiary/aromatic N) is 2. The van der Waals surface area contributed by atoms with Gasteiger partial charge in [0, 0.05) is 26.2 Å². The van der Waals surface area contributed by atoms with Crippen LogP contribution in [0.3, 0.4) is 0 Å². The molecule has 5 nitrogen and oxygen atoms in total. The Labute approximate surface area is 179 Å². The van der Waals surface area contributed by atoms with Crippen molar-refractivity contribution in [2.24, 2.45) is 10.9 Å². The third kappa shape index (κ3) is 7.54. The maximum Gasteiger partial charge on any atom is 0.191 e. The summed E-state index contributed by atoms with van der Waals surface area (Å²) in [4.78, 5) is 7.17. The van der Waals surface area contributed by atoms with Gasteiger partial charge in [0.2, 0.25) is 0 Å². The zero-order chi connectivity index (χ0) is 18.0. The first-order valence-corrected chi connectivity index (χ1v) is 9.64. The average molecular weight is 482 g/mol. The van der Waals surface area contributed by atoms with Gasteiger partial charge >= 0.3 is 0 Å². The van der Waals surface area contributed by atoms with Crippen LogP contribution in [0.4, 0.5) is 0 Å². The summed E-state index contributed by atoms with van der Waals surface area (Å²) in [5.41, 5.74) is 1.42. The molecule has 1 unspecified atom stereocenters. The molecule has 6 heteroatoms. The van der Waals surface area contributed by atoms with Crippen LogP contribution in [-0.2, 0) is 13.0 Å². The van der Waals surface area contributed by atoms with Crippen LogP contribution in [0.15, 0.2) is 58.1 Å². The fourth-order valence-electron chi connectivity index (χ4n) is 3.36. The summed E-state index contributed by atoms with van der Waals surface area (Å²) in [5, 5.41) is 6.80. The van der Waals surface area contributed by atoms with Gasteiger partial charge in [0.25, 0.3) is 0 Å². The summed E-state index contributed by atoms with van der Waals surface area (Å²) < 4.78 is 5.35. The highest BCUT2D eigenvalue weighted by molar-refractivity contribution is 14.0. The topological polar surface area (TPSA) is 52.8 Å². The predicted octanol–water partition coefficient (Wildman–Crippen LogP) is 3.52. The van der Waals surface area contributed by atoms with Crippen LogP contribution in [0.5, 0.6) is 0 Å². The number of guanidine groups is 1. The molecule has 0 radical (unpaired) electrons. The number of hydrogen-bond donors (Lipinski definition) is 2. The maximum atomic E-state index is 5.35. The largest absolute Gasteiger partial charge is 0.467 e. The van der Waals surface area contributed by atoms with Gasteiger partial charge in [0.15, 0.2) is 5.96 Å². The lowest BCUT2D eigenvalue weighted by Gasteiger charge is -2.17. The summed E-state index contributed by atoms with van der Waals surface area (Å²) >= 11 is 0. The minimum atomic E-state index is 0. The molecule has 0 aliphatic carbocycles. The van der Waals surface area contributed by atoms with Crippen LogP contribution in [0, 0.1) is 5.92 Å². The number of rotatable bonds is 8. The Morgan fingerprint density at radius 2 is 2.04 bits per heavy atom. The first-order valence-electron chi connectivity index (χ1n) is 9.64. The van der Waals surface area contributed by atoms with E-state index in [9.17, 15) is 0 Å². The lowest BCUT2D eigenvalue weighted by molar-refractivity contribution is 0.328. The van der Waals surface area contributed by atoms with E-state index < -0.39 is 0 Å². The molecule has 2 heterocycles. The van der Waals surface area contributed by atoms with Gasteiger partial charge in [0.05, 0.1) is 6.26 Å². The number of halogens is 1. The number of nitrogens with one attached hydrogen (secondary N) is 2. The van der Waals surface area contributed by atoms with Crippen molar-refractivity contribution in [3.8, 4) is 0 Å². The lowest BCUT2D eigenvalue weighted by atomic mass is 10.1. The van der Waals surface area contributed by atoms with E-state index in [4.69, 9.17) is 4.42 Å². The Hall–Kier alpha value is -1.54. The molecule has 1 atom stereocenters. The molecule has 3 rings (SSSR count). The van der Waals surface area contributed by atoms with E-state index in [-0.39, 0.29) is 24.0 Å². The van der Waals surface area contributed by atoms with Crippen LogP contribution in [0.25, 0.3) is 0 Å². The van der Waals surface area contributed by atoms with Crippen molar-refractivity contribution in [1.29, 1.82) is 0 Å². The molecular formula is C21H31IN4O. The standard InChI is InChI=1S/C21H30N4O.HI/c1-2-22-21(24-16-20-9-6-14-26-20)23-15-19-11-13-25(17-19)12-10-18-7-4-3-5-8-18;/h3-9,14,19H,2,10-13,15-17H2,1H3,(H2,22,23,24);1H. The van der Waals surface area contributed by atoms with Gasteiger partial charge < -0.3 is 20.0 Å². The summed E-state index contributed by atoms with van der Waals surface area (Å²) in [7, 11) is 0. The molecule has 1 aliphatic rings. The highest BCUT2D eigenvalue weighted by atomic mass is 127. The lowest BCUT2D eigenvalue weighted by Crippen LogP contribution is -2.40. The molecule has 0 saturated carbocycles. The normalized spacial score (nSPS) is 17.5. The van der Waals surface area contributed by atoms with E-state index in [1.54, 1.807) is 6.26 Å². The summed E-state index contributed by atoms with van der Waals surface area (Å²) in [6, 6.07) is 14.6. The zero-order valence-electron chi connectivity index (χ0n) is 16.1. The van der Waals surface area contributed by atoms with Crippen LogP contribution in [-0.4, -0.2) is 43.6 Å². The molecule has 0 bridgehead atoms. The monoisotopic (exact) mass is 482 g/mol. The highest BCUT2D eigenvalue weighted by Crippen LogP contribution is 2.16. The van der Waals surface area contributed by atoms with Crippen molar-refractivity contribution >= 4 is 29.9 Å². The van der Waals surface area contributed by atoms with Crippen molar-refractivity contribution in [3.05, 3.63) is 60.1 Å². The fourth-order valence-corrected chi connectivity index (χ4v) is 3.36. The fraction of sp³-hybridized carbons (Fsp3) is 0.476. The van der Waals surface area contributed by atoms with Crippen molar-refractivity contribution in [3.63, 3.8) is 0 Å². The Bertz CT molecular complexity index is 660. The number of likely N-dealkylation sites (tertiary alicyclic amines) is 1. The average Bonchev–Trinajstić information content (AvgIpc) is 3.35. The van der Waals surface area contributed by atoms with E-state index in [1.807, 2.05) is 12.1 Å². The number of benzene rings is 1. The van der Waals surface area contributed by atoms with Gasteiger partial charge in [-0.3, -0.25) is 0 Å². The van der Waals surface area contributed by atoms with Gasteiger partial charge in [-0.25, -0.2) is 4.99 Å². The van der Waals surface area contributed by atoms with Crippen molar-refractivity contribution in [2.45, 2.75) is 26.3 Å². The SMILES string of the molecule is CCNC(=NCc1ccco1)NCC1CCN(CCc2ccccc2)C1.I. The quantitative estimate of drug-likeness (QED) is 0.344. The maximum absolute atomic E-state index is 5.35. The second-order valence-corrected chi connectivity index (χ2v) is 6.85. The molecule has 148 valence electrons. The first-order chi connectivity index (χ1) is 12.8. The molecule has 1 aromatic heterocycles. The number of hydrogen-bond acceptors (Lipinski definition) is 3. The molecule has 2 aromatic rings. The van der Waals surface area contributed by atoms with Gasteiger partial charge in [-0.15, -0.1) is 24.0 Å². The second kappa shape index (κ2) is 12.0. The Kier molecular flexibility index (Phi) is 9.69. The highest BCUT2D eigenvalue weighted by Gasteiger charge is 2.22. The minimum absolute atomic E-state index is 0. The molecular weight excluding hydrogens is 451 g/mol. The molecule has 1 aliphatic heterocycles. The van der Waals surface area contributed by atoms with Crippen molar-refractivity contribution < 1.29 is 4.42 Å². The van der Waals surface area contributed by atoms with Crippen LogP contribution >= 0.6 is 24.0 Å². The Balaban J connectivity index is 0.00000261. The first kappa shape index (κ1) is 21.8. The predicted molar refractivity (Wildman–Crippen MR) is 122 cm³/mol. The second-order valence-electron chi connectivity index (χ2n) is 6.85. The molecule has 1 fully saturated rings. The van der Waals surface area contributed by atoms with Gasteiger partial charge in [0.1, 0.15) is 12.3 Å².